The predicted molar refractivity (Wildman–Crippen MR) is 95.8 cm³/mol. The highest BCUT2D eigenvalue weighted by atomic mass is 16.5. The zero-order valence-corrected chi connectivity index (χ0v) is 15.6. The molecule has 0 N–H and O–H groups in total. The van der Waals surface area contributed by atoms with Crippen LogP contribution in [0, 0.1) is 0 Å². The van der Waals surface area contributed by atoms with E-state index in [0.717, 1.165) is 64.2 Å². The molecule has 0 fully saturated rings. The molecule has 0 rings (SSSR count). The lowest BCUT2D eigenvalue weighted by Crippen LogP contribution is -2.05. The first kappa shape index (κ1) is 24.9. The Kier molecular flexibility index (Phi) is 22.4. The molecule has 0 spiro atoms. The van der Waals surface area contributed by atoms with Crippen molar-refractivity contribution >= 4 is 18.7 Å². The Morgan fingerprint density at radius 1 is 0.625 bits per heavy atom. The van der Waals surface area contributed by atoms with E-state index in [0.29, 0.717) is 26.1 Å². The van der Waals surface area contributed by atoms with Gasteiger partial charge in [0.25, 0.3) is 0 Å². The molecule has 24 heavy (non-hydrogen) atoms. The summed E-state index contributed by atoms with van der Waals surface area (Å²) in [5, 5.41) is 0. The second kappa shape index (κ2) is 21.6. The Labute approximate surface area is 147 Å². The molecule has 0 unspecified atom stereocenters. The quantitative estimate of drug-likeness (QED) is 0.320. The van der Waals surface area contributed by atoms with Gasteiger partial charge in [-0.2, -0.15) is 0 Å². The van der Waals surface area contributed by atoms with Crippen LogP contribution in [0.2, 0.25) is 0 Å². The zero-order valence-electron chi connectivity index (χ0n) is 15.6. The van der Waals surface area contributed by atoms with Gasteiger partial charge in [-0.05, 0) is 25.7 Å². The first-order valence-electron chi connectivity index (χ1n) is 9.30. The van der Waals surface area contributed by atoms with Crippen LogP contribution >= 0.6 is 0 Å². The Morgan fingerprint density at radius 3 is 1.29 bits per heavy atom. The maximum absolute atomic E-state index is 11.4. The molecule has 0 aliphatic heterocycles. The molecule has 0 heterocycles. The summed E-state index contributed by atoms with van der Waals surface area (Å²) in [6, 6.07) is 0. The molecule has 142 valence electrons. The van der Waals surface area contributed by atoms with Gasteiger partial charge < -0.3 is 14.3 Å². The van der Waals surface area contributed by atoms with E-state index in [-0.39, 0.29) is 11.9 Å². The van der Waals surface area contributed by atoms with Crippen LogP contribution in [-0.2, 0) is 23.9 Å². The van der Waals surface area contributed by atoms with Crippen molar-refractivity contribution in [1.29, 1.82) is 0 Å². The lowest BCUT2D eigenvalue weighted by atomic mass is 10.1. The standard InChI is InChI=1S/C18H34O4.CH2O/c1-3-5-15-21-17(19)13-11-9-7-8-10-12-14-18(20)22-16-6-4-2;1-2/h3-16H2,1-2H3;1H2. The van der Waals surface area contributed by atoms with E-state index in [1.165, 1.54) is 0 Å². The Balaban J connectivity index is 0. The Bertz CT molecular complexity index is 263. The average Bonchev–Trinajstić information content (AvgIpc) is 2.59. The van der Waals surface area contributed by atoms with E-state index in [2.05, 4.69) is 13.8 Å². The van der Waals surface area contributed by atoms with Crippen molar-refractivity contribution in [1.82, 2.24) is 0 Å². The van der Waals surface area contributed by atoms with E-state index in [4.69, 9.17) is 14.3 Å². The summed E-state index contributed by atoms with van der Waals surface area (Å²) in [7, 11) is 0. The average molecular weight is 344 g/mol. The van der Waals surface area contributed by atoms with Gasteiger partial charge in [0.2, 0.25) is 0 Å². The number of hydrogen-bond donors (Lipinski definition) is 0. The smallest absolute Gasteiger partial charge is 0.305 e. The van der Waals surface area contributed by atoms with Crippen LogP contribution in [0.15, 0.2) is 0 Å². The minimum atomic E-state index is -0.0664. The number of carbonyl (C=O) groups is 3. The summed E-state index contributed by atoms with van der Waals surface area (Å²) in [6.07, 6.45) is 11.3. The van der Waals surface area contributed by atoms with Crippen molar-refractivity contribution in [2.45, 2.75) is 90.9 Å². The number of carbonyl (C=O) groups excluding carboxylic acids is 3. The molecule has 0 aliphatic carbocycles. The fourth-order valence-electron chi connectivity index (χ4n) is 2.05. The molecule has 0 saturated heterocycles. The third-order valence-electron chi connectivity index (χ3n) is 3.53. The summed E-state index contributed by atoms with van der Waals surface area (Å²) in [5.41, 5.74) is 0. The second-order valence-corrected chi connectivity index (χ2v) is 5.77. The first-order valence-corrected chi connectivity index (χ1v) is 9.30. The van der Waals surface area contributed by atoms with E-state index in [1.807, 2.05) is 6.79 Å². The molecule has 0 aromatic rings. The first-order chi connectivity index (χ1) is 11.7. The van der Waals surface area contributed by atoms with E-state index in [1.54, 1.807) is 0 Å². The molecule has 0 saturated carbocycles. The predicted octanol–water partition coefficient (Wildman–Crippen LogP) is 4.61. The number of esters is 2. The molecule has 5 nitrogen and oxygen atoms in total. The highest BCUT2D eigenvalue weighted by molar-refractivity contribution is 5.69. The Hall–Kier alpha value is -1.39. The maximum Gasteiger partial charge on any atom is 0.305 e. The summed E-state index contributed by atoms with van der Waals surface area (Å²) < 4.78 is 10.2. The summed E-state index contributed by atoms with van der Waals surface area (Å²) in [5.74, 6) is -0.133. The van der Waals surface area contributed by atoms with Gasteiger partial charge >= 0.3 is 11.9 Å². The molecule has 0 atom stereocenters. The van der Waals surface area contributed by atoms with Gasteiger partial charge in [-0.1, -0.05) is 52.4 Å². The largest absolute Gasteiger partial charge is 0.466 e. The van der Waals surface area contributed by atoms with Crippen molar-refractivity contribution in [2.24, 2.45) is 0 Å². The van der Waals surface area contributed by atoms with Gasteiger partial charge in [0.05, 0.1) is 13.2 Å². The summed E-state index contributed by atoms with van der Waals surface area (Å²) in [4.78, 5) is 30.7. The van der Waals surface area contributed by atoms with Crippen molar-refractivity contribution in [2.75, 3.05) is 13.2 Å². The normalized spacial score (nSPS) is 9.75. The minimum Gasteiger partial charge on any atom is -0.466 e. The van der Waals surface area contributed by atoms with Crippen LogP contribution in [0.3, 0.4) is 0 Å². The third-order valence-corrected chi connectivity index (χ3v) is 3.53. The van der Waals surface area contributed by atoms with Crippen LogP contribution in [0.25, 0.3) is 0 Å². The van der Waals surface area contributed by atoms with Crippen LogP contribution in [0.4, 0.5) is 0 Å². The number of unbranched alkanes of at least 4 members (excludes halogenated alkanes) is 7. The van der Waals surface area contributed by atoms with Crippen molar-refractivity contribution in [3.8, 4) is 0 Å². The van der Waals surface area contributed by atoms with Gasteiger partial charge in [-0.15, -0.1) is 0 Å². The van der Waals surface area contributed by atoms with Crippen LogP contribution < -0.4 is 0 Å². The van der Waals surface area contributed by atoms with Gasteiger partial charge in [-0.25, -0.2) is 0 Å². The monoisotopic (exact) mass is 344 g/mol. The van der Waals surface area contributed by atoms with E-state index in [9.17, 15) is 9.59 Å². The lowest BCUT2D eigenvalue weighted by Gasteiger charge is -2.05. The molecule has 5 heteroatoms. The third kappa shape index (κ3) is 20.6. The highest BCUT2D eigenvalue weighted by Gasteiger charge is 2.03. The van der Waals surface area contributed by atoms with E-state index < -0.39 is 0 Å². The summed E-state index contributed by atoms with van der Waals surface area (Å²) >= 11 is 0. The molecule has 0 aromatic heterocycles. The molecule has 0 radical (unpaired) electrons. The van der Waals surface area contributed by atoms with E-state index >= 15 is 0 Å². The zero-order chi connectivity index (χ0) is 18.5. The molecular weight excluding hydrogens is 308 g/mol. The highest BCUT2D eigenvalue weighted by Crippen LogP contribution is 2.09. The van der Waals surface area contributed by atoms with Gasteiger partial charge in [0, 0.05) is 12.8 Å². The van der Waals surface area contributed by atoms with Gasteiger partial charge in [0.1, 0.15) is 6.79 Å². The molecule has 0 aliphatic rings. The lowest BCUT2D eigenvalue weighted by molar-refractivity contribution is -0.144. The number of hydrogen-bond acceptors (Lipinski definition) is 5. The van der Waals surface area contributed by atoms with Crippen LogP contribution in [-0.4, -0.2) is 31.9 Å². The SMILES string of the molecule is C=O.CCCCOC(=O)CCCCCCCCC(=O)OCCCC. The van der Waals surface area contributed by atoms with Gasteiger partial charge in [-0.3, -0.25) is 9.59 Å². The maximum atomic E-state index is 11.4. The van der Waals surface area contributed by atoms with Crippen molar-refractivity contribution in [3.05, 3.63) is 0 Å². The second-order valence-electron chi connectivity index (χ2n) is 5.77. The molecule has 0 bridgehead atoms. The topological polar surface area (TPSA) is 69.7 Å². The minimum absolute atomic E-state index is 0.0664. The van der Waals surface area contributed by atoms with Crippen LogP contribution in [0.5, 0.6) is 0 Å². The van der Waals surface area contributed by atoms with Crippen LogP contribution in [0.1, 0.15) is 90.9 Å². The number of ether oxygens (including phenoxy) is 2. The molecular formula is C19H36O5. The fraction of sp³-hybridized carbons (Fsp3) is 0.842. The molecule has 0 aromatic carbocycles. The Morgan fingerprint density at radius 2 is 0.958 bits per heavy atom. The van der Waals surface area contributed by atoms with Gasteiger partial charge in [0.15, 0.2) is 0 Å². The van der Waals surface area contributed by atoms with Crippen molar-refractivity contribution in [3.63, 3.8) is 0 Å². The summed E-state index contributed by atoms with van der Waals surface area (Å²) in [6.45, 7) is 7.28. The number of rotatable bonds is 15. The molecule has 0 amide bonds. The van der Waals surface area contributed by atoms with Crippen molar-refractivity contribution < 1.29 is 23.9 Å². The fourth-order valence-corrected chi connectivity index (χ4v) is 2.05.